The van der Waals surface area contributed by atoms with Crippen molar-refractivity contribution in [2.45, 2.75) is 32.1 Å². The van der Waals surface area contributed by atoms with Gasteiger partial charge in [0.05, 0.1) is 11.8 Å². The van der Waals surface area contributed by atoms with E-state index in [2.05, 4.69) is 24.3 Å². The van der Waals surface area contributed by atoms with Crippen molar-refractivity contribution < 1.29 is 19.8 Å². The predicted octanol–water partition coefficient (Wildman–Crippen LogP) is 3.45. The quantitative estimate of drug-likeness (QED) is 0.595. The fourth-order valence-corrected chi connectivity index (χ4v) is 7.36. The molecule has 0 aromatic rings. The van der Waals surface area contributed by atoms with Crippen LogP contribution in [0.5, 0.6) is 0 Å². The highest BCUT2D eigenvalue weighted by molar-refractivity contribution is 5.72. The van der Waals surface area contributed by atoms with Crippen LogP contribution >= 0.6 is 0 Å². The predicted molar refractivity (Wildman–Crippen MR) is 91.5 cm³/mol. The first-order valence-electron chi connectivity index (χ1n) is 9.85. The van der Waals surface area contributed by atoms with E-state index in [9.17, 15) is 14.7 Å². The van der Waals surface area contributed by atoms with Gasteiger partial charge in [-0.05, 0) is 79.4 Å². The Bertz CT molecular complexity index is 665. The Morgan fingerprint density at radius 3 is 1.92 bits per heavy atom. The first-order valence-corrected chi connectivity index (χ1v) is 9.85. The molecule has 6 aliphatic carbocycles. The lowest BCUT2D eigenvalue weighted by Gasteiger charge is -2.34. The molecule has 6 aliphatic rings. The second-order valence-corrected chi connectivity index (χ2v) is 9.17. The van der Waals surface area contributed by atoms with Gasteiger partial charge in [0.1, 0.15) is 0 Å². The summed E-state index contributed by atoms with van der Waals surface area (Å²) in [6, 6.07) is 0. The Morgan fingerprint density at radius 1 is 0.680 bits per heavy atom. The Kier molecular flexibility index (Phi) is 3.42. The lowest BCUT2D eigenvalue weighted by Crippen LogP contribution is -2.34. The Morgan fingerprint density at radius 2 is 1.36 bits per heavy atom. The van der Waals surface area contributed by atoms with Gasteiger partial charge in [-0.15, -0.1) is 0 Å². The van der Waals surface area contributed by atoms with Gasteiger partial charge in [-0.25, -0.2) is 0 Å². The van der Waals surface area contributed by atoms with Crippen molar-refractivity contribution in [1.29, 1.82) is 0 Å². The number of aliphatic carboxylic acids is 2. The summed E-state index contributed by atoms with van der Waals surface area (Å²) in [7, 11) is 0. The first-order chi connectivity index (χ1) is 12.0. The highest BCUT2D eigenvalue weighted by atomic mass is 16.4. The summed E-state index contributed by atoms with van der Waals surface area (Å²) in [6.07, 6.45) is 14.5. The zero-order valence-corrected chi connectivity index (χ0v) is 14.3. The van der Waals surface area contributed by atoms with E-state index in [4.69, 9.17) is 5.11 Å². The molecule has 0 aliphatic heterocycles. The van der Waals surface area contributed by atoms with E-state index in [-0.39, 0.29) is 11.8 Å². The normalized spacial score (nSPS) is 52.3. The summed E-state index contributed by atoms with van der Waals surface area (Å²) >= 11 is 0. The molecule has 10 atom stereocenters. The highest BCUT2D eigenvalue weighted by Crippen LogP contribution is 2.66. The molecule has 0 spiro atoms. The van der Waals surface area contributed by atoms with Crippen LogP contribution in [-0.2, 0) is 9.59 Å². The van der Waals surface area contributed by atoms with Gasteiger partial charge in [-0.3, -0.25) is 9.59 Å². The SMILES string of the molecule is O=C(O)C1CC2C=CC1C2.O=C(O)C1CC2CC1C1C3C=CC(C3)C21. The molecular weight excluding hydrogens is 316 g/mol. The van der Waals surface area contributed by atoms with Gasteiger partial charge in [0, 0.05) is 0 Å². The van der Waals surface area contributed by atoms with E-state index < -0.39 is 11.9 Å². The van der Waals surface area contributed by atoms with E-state index >= 15 is 0 Å². The van der Waals surface area contributed by atoms with Crippen molar-refractivity contribution in [3.8, 4) is 0 Å². The number of allylic oxidation sites excluding steroid dienone is 4. The van der Waals surface area contributed by atoms with Crippen LogP contribution in [0.4, 0.5) is 0 Å². The molecule has 0 heterocycles. The van der Waals surface area contributed by atoms with Crippen LogP contribution in [-0.4, -0.2) is 22.2 Å². The smallest absolute Gasteiger partial charge is 0.307 e. The fourth-order valence-electron chi connectivity index (χ4n) is 7.36. The number of rotatable bonds is 2. The molecule has 0 amide bonds. The summed E-state index contributed by atoms with van der Waals surface area (Å²) in [5.74, 6) is 4.08. The average Bonchev–Trinajstić information content (AvgIpc) is 3.42. The minimum Gasteiger partial charge on any atom is -0.481 e. The molecule has 134 valence electrons. The molecule has 0 saturated heterocycles. The molecule has 0 aromatic carbocycles. The second kappa shape index (κ2) is 5.46. The van der Waals surface area contributed by atoms with Crippen molar-refractivity contribution in [2.24, 2.45) is 59.2 Å². The maximum atomic E-state index is 11.2. The zero-order chi connectivity index (χ0) is 17.3. The third-order valence-corrected chi connectivity index (χ3v) is 8.18. The van der Waals surface area contributed by atoms with Crippen molar-refractivity contribution in [3.63, 3.8) is 0 Å². The molecule has 2 N–H and O–H groups in total. The monoisotopic (exact) mass is 342 g/mol. The van der Waals surface area contributed by atoms with Gasteiger partial charge >= 0.3 is 11.9 Å². The van der Waals surface area contributed by atoms with Crippen molar-refractivity contribution in [1.82, 2.24) is 0 Å². The molecule has 0 aromatic heterocycles. The number of fused-ring (bicyclic) bond motifs is 11. The third kappa shape index (κ3) is 2.25. The number of hydrogen-bond acceptors (Lipinski definition) is 2. The lowest BCUT2D eigenvalue weighted by molar-refractivity contribution is -0.145. The Hall–Kier alpha value is -1.58. The minimum atomic E-state index is -0.614. The summed E-state index contributed by atoms with van der Waals surface area (Å²) < 4.78 is 0. The summed E-state index contributed by atoms with van der Waals surface area (Å²) in [4.78, 5) is 21.7. The summed E-state index contributed by atoms with van der Waals surface area (Å²) in [5, 5.41) is 17.9. The van der Waals surface area contributed by atoms with Crippen LogP contribution in [0.25, 0.3) is 0 Å². The van der Waals surface area contributed by atoms with Gasteiger partial charge < -0.3 is 10.2 Å². The van der Waals surface area contributed by atoms with E-state index in [0.29, 0.717) is 17.8 Å². The Labute approximate surface area is 148 Å². The van der Waals surface area contributed by atoms with Gasteiger partial charge in [0.2, 0.25) is 0 Å². The Balaban J connectivity index is 0.000000122. The molecule has 10 unspecified atom stereocenters. The number of hydrogen-bond donors (Lipinski definition) is 2. The van der Waals surface area contributed by atoms with Crippen molar-refractivity contribution >= 4 is 11.9 Å². The van der Waals surface area contributed by atoms with Crippen LogP contribution in [0, 0.1) is 59.2 Å². The molecular formula is C21H26O4. The number of carbonyl (C=O) groups is 2. The van der Waals surface area contributed by atoms with E-state index in [1.165, 1.54) is 12.8 Å². The standard InChI is InChI=1S/C13H16O2.C8H10O2/c14-13(15)10-5-8-4-9(10)12-7-2-1-6(3-7)11(8)12;9-8(10)7-4-5-1-2-6(7)3-5/h1-2,6-12H,3-5H2,(H,14,15);1-2,5-7H,3-4H2,(H,9,10). The topological polar surface area (TPSA) is 74.6 Å². The molecule has 4 heteroatoms. The average molecular weight is 342 g/mol. The number of carboxylic acids is 2. The van der Waals surface area contributed by atoms with Crippen LogP contribution in [0.2, 0.25) is 0 Å². The van der Waals surface area contributed by atoms with Crippen LogP contribution < -0.4 is 0 Å². The van der Waals surface area contributed by atoms with E-state index in [1.807, 2.05) is 0 Å². The van der Waals surface area contributed by atoms with Gasteiger partial charge in [0.25, 0.3) is 0 Å². The van der Waals surface area contributed by atoms with Gasteiger partial charge in [0.15, 0.2) is 0 Å². The van der Waals surface area contributed by atoms with Gasteiger partial charge in [-0.1, -0.05) is 24.3 Å². The molecule has 4 saturated carbocycles. The maximum absolute atomic E-state index is 11.2. The lowest BCUT2D eigenvalue weighted by atomic mass is 9.69. The summed E-state index contributed by atoms with van der Waals surface area (Å²) in [6.45, 7) is 0. The zero-order valence-electron chi connectivity index (χ0n) is 14.3. The van der Waals surface area contributed by atoms with Crippen LogP contribution in [0.15, 0.2) is 24.3 Å². The molecule has 6 rings (SSSR count). The van der Waals surface area contributed by atoms with Crippen LogP contribution in [0.3, 0.4) is 0 Å². The van der Waals surface area contributed by atoms with Crippen LogP contribution in [0.1, 0.15) is 32.1 Å². The third-order valence-electron chi connectivity index (χ3n) is 8.18. The summed E-state index contributed by atoms with van der Waals surface area (Å²) in [5.41, 5.74) is 0. The maximum Gasteiger partial charge on any atom is 0.307 e. The second-order valence-electron chi connectivity index (χ2n) is 9.17. The first kappa shape index (κ1) is 15.7. The molecule has 0 radical (unpaired) electrons. The largest absolute Gasteiger partial charge is 0.481 e. The number of carboxylic acid groups (broad SMARTS) is 2. The highest BCUT2D eigenvalue weighted by Gasteiger charge is 2.62. The minimum absolute atomic E-state index is 0.0102. The molecule has 4 nitrogen and oxygen atoms in total. The van der Waals surface area contributed by atoms with Gasteiger partial charge in [-0.2, -0.15) is 0 Å². The van der Waals surface area contributed by atoms with E-state index in [1.54, 1.807) is 0 Å². The van der Waals surface area contributed by atoms with E-state index in [0.717, 1.165) is 48.9 Å². The molecule has 6 bridgehead atoms. The molecule has 25 heavy (non-hydrogen) atoms. The van der Waals surface area contributed by atoms with Crippen molar-refractivity contribution in [2.75, 3.05) is 0 Å². The van der Waals surface area contributed by atoms with Crippen molar-refractivity contribution in [3.05, 3.63) is 24.3 Å². The fraction of sp³-hybridized carbons (Fsp3) is 0.714. The molecule has 4 fully saturated rings.